The molecule has 4 rings (SSSR count). The molecule has 2 fully saturated rings. The van der Waals surface area contributed by atoms with Crippen LogP contribution in [-0.4, -0.2) is 37.1 Å². The molecule has 0 bridgehead atoms. The van der Waals surface area contributed by atoms with E-state index in [-0.39, 0.29) is 54.2 Å². The topological polar surface area (TPSA) is 105 Å². The van der Waals surface area contributed by atoms with E-state index in [0.717, 1.165) is 50.7 Å². The molecule has 2 aromatic rings. The van der Waals surface area contributed by atoms with E-state index in [9.17, 15) is 19.2 Å². The summed E-state index contributed by atoms with van der Waals surface area (Å²) in [6.07, 6.45) is 7.44. The Hall–Kier alpha value is -1.94. The van der Waals surface area contributed by atoms with Crippen molar-refractivity contribution >= 4 is 93.5 Å². The first-order valence-corrected chi connectivity index (χ1v) is 17.8. The Morgan fingerprint density at radius 3 is 1.27 bits per heavy atom. The SMILES string of the molecule is CC1(C)CCC1CCCOC(=O)c1c(Cl)c(Cl)cc(Cl)c1OC(=O)C(=O)Oc1c(Cl)cc(Cl)c(Cl)c1C(=O)OCCCC1CCC1(C)C. The molecule has 2 aromatic carbocycles. The van der Waals surface area contributed by atoms with Crippen molar-refractivity contribution in [3.63, 3.8) is 0 Å². The van der Waals surface area contributed by atoms with Crippen LogP contribution in [-0.2, 0) is 19.1 Å². The summed E-state index contributed by atoms with van der Waals surface area (Å²) in [6, 6.07) is 2.26. The molecule has 0 spiro atoms. The third kappa shape index (κ3) is 8.85. The smallest absolute Gasteiger partial charge is 0.423 e. The average Bonchev–Trinajstić information content (AvgIpc) is 3.00. The number of benzene rings is 2. The largest absolute Gasteiger partial charge is 0.462 e. The second-order valence-corrected chi connectivity index (χ2v) is 15.9. The van der Waals surface area contributed by atoms with E-state index in [1.54, 1.807) is 0 Å². The Kier molecular flexibility index (Phi) is 12.9. The van der Waals surface area contributed by atoms with Crippen LogP contribution in [0.2, 0.25) is 30.1 Å². The summed E-state index contributed by atoms with van der Waals surface area (Å²) in [5.74, 6) is -5.31. The second kappa shape index (κ2) is 15.9. The first-order chi connectivity index (χ1) is 22.4. The zero-order valence-electron chi connectivity index (χ0n) is 26.9. The molecule has 2 saturated carbocycles. The number of hydrogen-bond donors (Lipinski definition) is 0. The van der Waals surface area contributed by atoms with Crippen LogP contribution in [0.4, 0.5) is 0 Å². The van der Waals surface area contributed by atoms with Gasteiger partial charge in [-0.15, -0.1) is 0 Å². The summed E-state index contributed by atoms with van der Waals surface area (Å²) in [4.78, 5) is 52.1. The molecular weight excluding hydrogens is 749 g/mol. The molecule has 2 atom stereocenters. The third-order valence-electron chi connectivity index (χ3n) is 9.56. The van der Waals surface area contributed by atoms with Crippen LogP contribution in [0.5, 0.6) is 11.5 Å². The number of rotatable bonds is 12. The van der Waals surface area contributed by atoms with Gasteiger partial charge in [0.2, 0.25) is 0 Å². The molecule has 0 heterocycles. The fourth-order valence-corrected chi connectivity index (χ4v) is 7.48. The first-order valence-electron chi connectivity index (χ1n) is 15.6. The summed E-state index contributed by atoms with van der Waals surface area (Å²) in [5, 5.41) is -1.46. The third-order valence-corrected chi connectivity index (χ3v) is 11.7. The van der Waals surface area contributed by atoms with Crippen LogP contribution in [0.1, 0.15) is 99.8 Å². The molecular formula is C34H36Cl6O8. The summed E-state index contributed by atoms with van der Waals surface area (Å²) >= 11 is 37.4. The van der Waals surface area contributed by atoms with Crippen molar-refractivity contribution in [2.45, 2.75) is 79.1 Å². The molecule has 2 aliphatic rings. The highest BCUT2D eigenvalue weighted by atomic mass is 35.5. The number of carbonyl (C=O) groups excluding carboxylic acids is 4. The molecule has 0 aliphatic heterocycles. The van der Waals surface area contributed by atoms with Gasteiger partial charge in [0.05, 0.1) is 43.3 Å². The van der Waals surface area contributed by atoms with Gasteiger partial charge in [0.25, 0.3) is 0 Å². The van der Waals surface area contributed by atoms with Gasteiger partial charge in [0.1, 0.15) is 11.1 Å². The minimum absolute atomic E-state index is 0.0641. The summed E-state index contributed by atoms with van der Waals surface area (Å²) in [6.45, 7) is 8.93. The highest BCUT2D eigenvalue weighted by Gasteiger charge is 2.39. The molecule has 2 unspecified atom stereocenters. The van der Waals surface area contributed by atoms with Gasteiger partial charge in [0, 0.05) is 0 Å². The van der Waals surface area contributed by atoms with Gasteiger partial charge in [-0.05, 0) is 86.2 Å². The van der Waals surface area contributed by atoms with E-state index >= 15 is 0 Å². The van der Waals surface area contributed by atoms with Crippen molar-refractivity contribution in [2.75, 3.05) is 13.2 Å². The predicted octanol–water partition coefficient (Wildman–Crippen LogP) is 10.9. The molecule has 14 heteroatoms. The van der Waals surface area contributed by atoms with Gasteiger partial charge in [-0.2, -0.15) is 0 Å². The lowest BCUT2D eigenvalue weighted by atomic mass is 9.61. The number of hydrogen-bond acceptors (Lipinski definition) is 8. The van der Waals surface area contributed by atoms with E-state index in [0.29, 0.717) is 24.7 Å². The van der Waals surface area contributed by atoms with E-state index in [1.165, 1.54) is 0 Å². The average molecular weight is 785 g/mol. The molecule has 2 aliphatic carbocycles. The number of halogens is 6. The van der Waals surface area contributed by atoms with E-state index in [1.807, 2.05) is 0 Å². The van der Waals surface area contributed by atoms with Gasteiger partial charge in [-0.3, -0.25) is 0 Å². The van der Waals surface area contributed by atoms with Gasteiger partial charge in [-0.25, -0.2) is 19.2 Å². The lowest BCUT2D eigenvalue weighted by Gasteiger charge is -2.44. The first kappa shape index (κ1) is 38.9. The maximum absolute atomic E-state index is 13.1. The molecule has 0 saturated heterocycles. The highest BCUT2D eigenvalue weighted by Crippen LogP contribution is 2.49. The van der Waals surface area contributed by atoms with Crippen molar-refractivity contribution in [2.24, 2.45) is 22.7 Å². The van der Waals surface area contributed by atoms with Crippen LogP contribution in [0.15, 0.2) is 12.1 Å². The number of ether oxygens (including phenoxy) is 4. The molecule has 0 radical (unpaired) electrons. The summed E-state index contributed by atoms with van der Waals surface area (Å²) in [7, 11) is 0. The molecule has 262 valence electrons. The Bertz CT molecular complexity index is 1490. The van der Waals surface area contributed by atoms with Crippen LogP contribution in [0.25, 0.3) is 0 Å². The maximum atomic E-state index is 13.1. The van der Waals surface area contributed by atoms with Crippen LogP contribution >= 0.6 is 69.6 Å². The van der Waals surface area contributed by atoms with Gasteiger partial charge in [-0.1, -0.05) is 97.3 Å². The highest BCUT2D eigenvalue weighted by molar-refractivity contribution is 6.47. The van der Waals surface area contributed by atoms with E-state index in [2.05, 4.69) is 27.7 Å². The molecule has 0 aromatic heterocycles. The van der Waals surface area contributed by atoms with Crippen molar-refractivity contribution < 1.29 is 38.1 Å². The molecule has 48 heavy (non-hydrogen) atoms. The second-order valence-electron chi connectivity index (χ2n) is 13.5. The van der Waals surface area contributed by atoms with E-state index in [4.69, 9.17) is 88.6 Å². The normalized spacial score (nSPS) is 19.0. The van der Waals surface area contributed by atoms with Crippen molar-refractivity contribution in [1.82, 2.24) is 0 Å². The van der Waals surface area contributed by atoms with Crippen molar-refractivity contribution in [3.05, 3.63) is 53.4 Å². The Morgan fingerprint density at radius 2 is 0.979 bits per heavy atom. The summed E-state index contributed by atoms with van der Waals surface area (Å²) < 4.78 is 21.2. The zero-order chi connectivity index (χ0) is 35.6. The Morgan fingerprint density at radius 1 is 0.625 bits per heavy atom. The number of carbonyl (C=O) groups is 4. The van der Waals surface area contributed by atoms with Crippen LogP contribution < -0.4 is 9.47 Å². The number of esters is 4. The quantitative estimate of drug-likeness (QED) is 0.0689. The van der Waals surface area contributed by atoms with Gasteiger partial charge in [0.15, 0.2) is 11.5 Å². The van der Waals surface area contributed by atoms with Crippen molar-refractivity contribution in [3.8, 4) is 11.5 Å². The minimum atomic E-state index is -1.64. The lowest BCUT2D eigenvalue weighted by Crippen LogP contribution is -2.34. The fraction of sp³-hybridized carbons (Fsp3) is 0.529. The minimum Gasteiger partial charge on any atom is -0.462 e. The lowest BCUT2D eigenvalue weighted by molar-refractivity contribution is -0.156. The van der Waals surface area contributed by atoms with Crippen LogP contribution in [0.3, 0.4) is 0 Å². The Labute approximate surface area is 309 Å². The zero-order valence-corrected chi connectivity index (χ0v) is 31.4. The van der Waals surface area contributed by atoms with Crippen molar-refractivity contribution in [1.29, 1.82) is 0 Å². The Balaban J connectivity index is 1.45. The van der Waals surface area contributed by atoms with Gasteiger partial charge < -0.3 is 18.9 Å². The standard InChI is InChI=1S/C34H36Cl6O8/c1-33(2)11-9-17(33)7-5-13-45-29(41)23-25(39)19(35)15-21(37)27(23)47-31(43)32(44)48-28-22(38)16-20(36)26(40)24(28)30(42)46-14-6-8-18-10-12-34(18,3)4/h15-18H,5-14H2,1-4H3. The van der Waals surface area contributed by atoms with Crippen LogP contribution in [0, 0.1) is 22.7 Å². The predicted molar refractivity (Wildman–Crippen MR) is 186 cm³/mol. The maximum Gasteiger partial charge on any atom is 0.423 e. The van der Waals surface area contributed by atoms with Gasteiger partial charge >= 0.3 is 23.9 Å². The molecule has 8 nitrogen and oxygen atoms in total. The summed E-state index contributed by atoms with van der Waals surface area (Å²) in [5.41, 5.74) is -0.416. The monoisotopic (exact) mass is 782 g/mol. The molecule has 0 N–H and O–H groups in total. The molecule has 0 amide bonds. The van der Waals surface area contributed by atoms with E-state index < -0.39 is 46.5 Å². The fourth-order valence-electron chi connectivity index (χ4n) is 6.05.